The summed E-state index contributed by atoms with van der Waals surface area (Å²) in [4.78, 5) is 11.7. The number of hydrogen-bond acceptors (Lipinski definition) is 3. The molecule has 4 heteroatoms. The number of carbonyl (C=O) groups excluding carboxylic acids is 1. The van der Waals surface area contributed by atoms with Crippen molar-refractivity contribution < 1.29 is 14.3 Å². The normalized spacial score (nSPS) is 11.6. The van der Waals surface area contributed by atoms with Crippen LogP contribution < -0.4 is 14.8 Å². The van der Waals surface area contributed by atoms with Crippen LogP contribution in [0.5, 0.6) is 11.5 Å². The van der Waals surface area contributed by atoms with Crippen LogP contribution in [0.1, 0.15) is 38.7 Å². The Morgan fingerprint density at radius 2 is 1.96 bits per heavy atom. The average Bonchev–Trinajstić information content (AvgIpc) is 2.58. The minimum Gasteiger partial charge on any atom is -0.497 e. The van der Waals surface area contributed by atoms with E-state index in [-0.39, 0.29) is 5.91 Å². The standard InChI is InChI=1S/C19H27NO3/c1-5-7-12-20-19(21)11-8-15(6-2)13-16-9-10-17(22-3)14-18(16)23-4/h8-11,13-14H,5-7,12H2,1-4H3,(H,20,21)/b11-8+,15-13+. The minimum atomic E-state index is -0.0560. The van der Waals surface area contributed by atoms with Gasteiger partial charge < -0.3 is 14.8 Å². The zero-order chi connectivity index (χ0) is 17.1. The minimum absolute atomic E-state index is 0.0560. The third kappa shape index (κ3) is 6.59. The van der Waals surface area contributed by atoms with Crippen molar-refractivity contribution in [1.29, 1.82) is 0 Å². The molecule has 0 aliphatic rings. The summed E-state index contributed by atoms with van der Waals surface area (Å²) in [5, 5.41) is 2.87. The number of amides is 1. The predicted octanol–water partition coefficient (Wildman–Crippen LogP) is 3.97. The van der Waals surface area contributed by atoms with Crippen LogP contribution in [-0.4, -0.2) is 26.7 Å². The Labute approximate surface area is 139 Å². The lowest BCUT2D eigenvalue weighted by molar-refractivity contribution is -0.116. The second-order valence-electron chi connectivity index (χ2n) is 5.16. The molecule has 1 aromatic rings. The lowest BCUT2D eigenvalue weighted by atomic mass is 10.1. The fourth-order valence-electron chi connectivity index (χ4n) is 2.04. The van der Waals surface area contributed by atoms with Crippen LogP contribution in [0.25, 0.3) is 6.08 Å². The maximum Gasteiger partial charge on any atom is 0.243 e. The molecular weight excluding hydrogens is 290 g/mol. The van der Waals surface area contributed by atoms with E-state index in [1.807, 2.05) is 30.4 Å². The van der Waals surface area contributed by atoms with Crippen LogP contribution in [0, 0.1) is 0 Å². The highest BCUT2D eigenvalue weighted by atomic mass is 16.5. The number of carbonyl (C=O) groups is 1. The molecule has 1 amide bonds. The average molecular weight is 317 g/mol. The van der Waals surface area contributed by atoms with E-state index in [4.69, 9.17) is 9.47 Å². The molecule has 0 bridgehead atoms. The van der Waals surface area contributed by atoms with Crippen molar-refractivity contribution in [2.75, 3.05) is 20.8 Å². The zero-order valence-corrected chi connectivity index (χ0v) is 14.5. The Morgan fingerprint density at radius 1 is 1.17 bits per heavy atom. The van der Waals surface area contributed by atoms with Crippen molar-refractivity contribution >= 4 is 12.0 Å². The molecule has 1 rings (SSSR count). The first kappa shape index (κ1) is 18.8. The molecule has 23 heavy (non-hydrogen) atoms. The fourth-order valence-corrected chi connectivity index (χ4v) is 2.04. The first-order chi connectivity index (χ1) is 11.1. The second-order valence-corrected chi connectivity index (χ2v) is 5.16. The van der Waals surface area contributed by atoms with E-state index in [1.54, 1.807) is 20.3 Å². The van der Waals surface area contributed by atoms with Gasteiger partial charge in [-0.2, -0.15) is 0 Å². The predicted molar refractivity (Wildman–Crippen MR) is 94.9 cm³/mol. The molecule has 0 heterocycles. The smallest absolute Gasteiger partial charge is 0.243 e. The van der Waals surface area contributed by atoms with Crippen molar-refractivity contribution in [3.05, 3.63) is 41.5 Å². The van der Waals surface area contributed by atoms with Crippen LogP contribution in [0.4, 0.5) is 0 Å². The highest BCUT2D eigenvalue weighted by molar-refractivity contribution is 5.88. The summed E-state index contributed by atoms with van der Waals surface area (Å²) in [6.07, 6.45) is 8.36. The van der Waals surface area contributed by atoms with Gasteiger partial charge in [-0.1, -0.05) is 26.3 Å². The van der Waals surface area contributed by atoms with Crippen LogP contribution in [-0.2, 0) is 4.79 Å². The largest absolute Gasteiger partial charge is 0.497 e. The summed E-state index contributed by atoms with van der Waals surface area (Å²) in [7, 11) is 3.26. The highest BCUT2D eigenvalue weighted by Gasteiger charge is 2.03. The number of rotatable bonds is 9. The maximum absolute atomic E-state index is 11.7. The zero-order valence-electron chi connectivity index (χ0n) is 14.5. The number of allylic oxidation sites excluding steroid dienone is 2. The topological polar surface area (TPSA) is 47.6 Å². The Balaban J connectivity index is 2.84. The SMILES string of the molecule is CCCCNC(=O)/C=C/C(=C/c1ccc(OC)cc1OC)CC. The molecule has 0 saturated heterocycles. The molecule has 0 saturated carbocycles. The summed E-state index contributed by atoms with van der Waals surface area (Å²) in [6.45, 7) is 4.88. The number of hydrogen-bond donors (Lipinski definition) is 1. The lowest BCUT2D eigenvalue weighted by Gasteiger charge is -2.08. The molecule has 0 aliphatic carbocycles. The quantitative estimate of drug-likeness (QED) is 0.426. The van der Waals surface area contributed by atoms with E-state index in [1.165, 1.54) is 0 Å². The van der Waals surface area contributed by atoms with Gasteiger partial charge in [0.2, 0.25) is 5.91 Å². The Morgan fingerprint density at radius 3 is 2.57 bits per heavy atom. The summed E-state index contributed by atoms with van der Waals surface area (Å²) >= 11 is 0. The monoisotopic (exact) mass is 317 g/mol. The van der Waals surface area contributed by atoms with Crippen LogP contribution >= 0.6 is 0 Å². The number of methoxy groups -OCH3 is 2. The third-order valence-electron chi connectivity index (χ3n) is 3.47. The third-order valence-corrected chi connectivity index (χ3v) is 3.47. The van der Waals surface area contributed by atoms with Crippen LogP contribution in [0.15, 0.2) is 35.9 Å². The number of ether oxygens (including phenoxy) is 2. The molecule has 0 aliphatic heterocycles. The van der Waals surface area contributed by atoms with E-state index in [9.17, 15) is 4.79 Å². The molecule has 4 nitrogen and oxygen atoms in total. The van der Waals surface area contributed by atoms with E-state index >= 15 is 0 Å². The highest BCUT2D eigenvalue weighted by Crippen LogP contribution is 2.27. The Bertz CT molecular complexity index is 562. The van der Waals surface area contributed by atoms with Gasteiger partial charge in [-0.25, -0.2) is 0 Å². The summed E-state index contributed by atoms with van der Waals surface area (Å²) in [6, 6.07) is 5.69. The molecule has 0 unspecified atom stereocenters. The number of unbranched alkanes of at least 4 members (excludes halogenated alkanes) is 1. The van der Waals surface area contributed by atoms with E-state index in [0.717, 1.165) is 48.4 Å². The van der Waals surface area contributed by atoms with Crippen molar-refractivity contribution in [2.45, 2.75) is 33.1 Å². The Hall–Kier alpha value is -2.23. The van der Waals surface area contributed by atoms with E-state index < -0.39 is 0 Å². The van der Waals surface area contributed by atoms with Crippen molar-refractivity contribution in [1.82, 2.24) is 5.32 Å². The van der Waals surface area contributed by atoms with Gasteiger partial charge in [0.05, 0.1) is 14.2 Å². The van der Waals surface area contributed by atoms with E-state index in [2.05, 4.69) is 19.2 Å². The molecule has 0 fully saturated rings. The number of nitrogens with one attached hydrogen (secondary N) is 1. The molecule has 0 atom stereocenters. The van der Waals surface area contributed by atoms with Crippen LogP contribution in [0.2, 0.25) is 0 Å². The first-order valence-corrected chi connectivity index (χ1v) is 8.03. The van der Waals surface area contributed by atoms with Crippen LogP contribution in [0.3, 0.4) is 0 Å². The molecule has 1 N–H and O–H groups in total. The van der Waals surface area contributed by atoms with Gasteiger partial charge in [-0.05, 0) is 36.6 Å². The van der Waals surface area contributed by atoms with E-state index in [0.29, 0.717) is 0 Å². The van der Waals surface area contributed by atoms with Gasteiger partial charge >= 0.3 is 0 Å². The van der Waals surface area contributed by atoms with Gasteiger partial charge in [0.25, 0.3) is 0 Å². The van der Waals surface area contributed by atoms with Crippen molar-refractivity contribution in [3.63, 3.8) is 0 Å². The van der Waals surface area contributed by atoms with Gasteiger partial charge in [0.1, 0.15) is 11.5 Å². The van der Waals surface area contributed by atoms with Crippen molar-refractivity contribution in [3.8, 4) is 11.5 Å². The first-order valence-electron chi connectivity index (χ1n) is 8.03. The van der Waals surface area contributed by atoms with Gasteiger partial charge in [-0.15, -0.1) is 0 Å². The maximum atomic E-state index is 11.7. The summed E-state index contributed by atoms with van der Waals surface area (Å²) in [5.41, 5.74) is 2.01. The molecular formula is C19H27NO3. The summed E-state index contributed by atoms with van der Waals surface area (Å²) < 4.78 is 10.6. The number of benzene rings is 1. The second kappa shape index (κ2) is 10.5. The lowest BCUT2D eigenvalue weighted by Crippen LogP contribution is -2.21. The van der Waals surface area contributed by atoms with Gasteiger partial charge in [0.15, 0.2) is 0 Å². The van der Waals surface area contributed by atoms with Gasteiger partial charge in [0, 0.05) is 24.3 Å². The molecule has 126 valence electrons. The summed E-state index contributed by atoms with van der Waals surface area (Å²) in [5.74, 6) is 1.44. The van der Waals surface area contributed by atoms with Crippen molar-refractivity contribution in [2.24, 2.45) is 0 Å². The van der Waals surface area contributed by atoms with Gasteiger partial charge in [-0.3, -0.25) is 4.79 Å². The molecule has 1 aromatic carbocycles. The molecule has 0 aromatic heterocycles. The fraction of sp³-hybridized carbons (Fsp3) is 0.421. The molecule has 0 radical (unpaired) electrons. The molecule has 0 spiro atoms. The Kier molecular flexibility index (Phi) is 8.58.